The van der Waals surface area contributed by atoms with Crippen molar-refractivity contribution in [2.24, 2.45) is 0 Å². The number of fused-ring (bicyclic) bond motifs is 1. The molecule has 0 aliphatic heterocycles. The number of ether oxygens (including phenoxy) is 1. The molecule has 1 aromatic heterocycles. The second-order valence-corrected chi connectivity index (χ2v) is 4.21. The summed E-state index contributed by atoms with van der Waals surface area (Å²) in [5.41, 5.74) is 0. The van der Waals surface area contributed by atoms with Crippen molar-refractivity contribution in [1.29, 1.82) is 0 Å². The first-order valence-electron chi connectivity index (χ1n) is 5.84. The highest BCUT2D eigenvalue weighted by molar-refractivity contribution is 5.85. The Morgan fingerprint density at radius 2 is 1.70 bits per heavy atom. The normalized spacial score (nSPS) is 10.7. The number of benzene rings is 2. The van der Waals surface area contributed by atoms with E-state index in [9.17, 15) is 13.9 Å². The quantitative estimate of drug-likeness (QED) is 0.767. The van der Waals surface area contributed by atoms with E-state index in [1.54, 1.807) is 6.07 Å². The maximum atomic E-state index is 13.5. The van der Waals surface area contributed by atoms with Gasteiger partial charge in [-0.05, 0) is 22.9 Å². The molecule has 0 fully saturated rings. The summed E-state index contributed by atoms with van der Waals surface area (Å²) in [7, 11) is 0. The zero-order valence-electron chi connectivity index (χ0n) is 10.2. The Bertz CT molecular complexity index is 790. The molecule has 2 aromatic carbocycles. The van der Waals surface area contributed by atoms with E-state index in [1.807, 2.05) is 24.3 Å². The van der Waals surface area contributed by atoms with E-state index in [1.165, 1.54) is 6.07 Å². The van der Waals surface area contributed by atoms with E-state index in [2.05, 4.69) is 4.98 Å². The number of halogens is 2. The smallest absolute Gasteiger partial charge is 0.256 e. The molecular formula is C15H9F2NO2. The lowest BCUT2D eigenvalue weighted by atomic mass is 10.1. The van der Waals surface area contributed by atoms with Gasteiger partial charge in [0.1, 0.15) is 5.82 Å². The lowest BCUT2D eigenvalue weighted by Crippen LogP contribution is -1.93. The highest BCUT2D eigenvalue weighted by atomic mass is 19.1. The molecule has 3 rings (SSSR count). The van der Waals surface area contributed by atoms with Crippen LogP contribution in [-0.2, 0) is 0 Å². The number of aromatic hydroxyl groups is 1. The molecular weight excluding hydrogens is 264 g/mol. The number of pyridine rings is 1. The van der Waals surface area contributed by atoms with Crippen LogP contribution in [0.4, 0.5) is 8.78 Å². The highest BCUT2D eigenvalue weighted by Gasteiger charge is 2.11. The van der Waals surface area contributed by atoms with Gasteiger partial charge in [-0.2, -0.15) is 0 Å². The van der Waals surface area contributed by atoms with Gasteiger partial charge >= 0.3 is 0 Å². The van der Waals surface area contributed by atoms with Gasteiger partial charge in [0.2, 0.25) is 0 Å². The average Bonchev–Trinajstić information content (AvgIpc) is 2.42. The molecule has 20 heavy (non-hydrogen) atoms. The monoisotopic (exact) mass is 273 g/mol. The van der Waals surface area contributed by atoms with Crippen LogP contribution >= 0.6 is 0 Å². The first-order chi connectivity index (χ1) is 9.63. The predicted octanol–water partition coefficient (Wildman–Crippen LogP) is 4.01. The lowest BCUT2D eigenvalue weighted by molar-refractivity contribution is 0.382. The maximum absolute atomic E-state index is 13.5. The number of hydrogen-bond acceptors (Lipinski definition) is 3. The van der Waals surface area contributed by atoms with Crippen molar-refractivity contribution in [2.75, 3.05) is 0 Å². The highest BCUT2D eigenvalue weighted by Crippen LogP contribution is 2.34. The number of rotatable bonds is 2. The van der Waals surface area contributed by atoms with Gasteiger partial charge in [-0.3, -0.25) is 0 Å². The van der Waals surface area contributed by atoms with Crippen molar-refractivity contribution in [2.45, 2.75) is 0 Å². The van der Waals surface area contributed by atoms with Crippen molar-refractivity contribution in [3.05, 3.63) is 60.3 Å². The van der Waals surface area contributed by atoms with Gasteiger partial charge in [0.15, 0.2) is 17.3 Å². The Balaban J connectivity index is 2.03. The summed E-state index contributed by atoms with van der Waals surface area (Å²) < 4.78 is 31.4. The van der Waals surface area contributed by atoms with Crippen LogP contribution in [0.5, 0.6) is 17.4 Å². The van der Waals surface area contributed by atoms with E-state index in [0.29, 0.717) is 6.07 Å². The molecule has 0 atom stereocenters. The fourth-order valence-corrected chi connectivity index (χ4v) is 1.87. The Labute approximate surface area is 113 Å². The fraction of sp³-hybridized carbons (Fsp3) is 0. The third-order valence-corrected chi connectivity index (χ3v) is 2.81. The summed E-state index contributed by atoms with van der Waals surface area (Å²) >= 11 is 0. The third-order valence-electron chi connectivity index (χ3n) is 2.81. The largest absolute Gasteiger partial charge is 0.504 e. The molecule has 0 radical (unpaired) electrons. The molecule has 100 valence electrons. The molecule has 1 N–H and O–H groups in total. The number of aromatic nitrogens is 1. The minimum Gasteiger partial charge on any atom is -0.504 e. The van der Waals surface area contributed by atoms with Crippen molar-refractivity contribution in [3.8, 4) is 17.4 Å². The molecule has 0 amide bonds. The minimum atomic E-state index is -0.933. The molecule has 3 aromatic rings. The van der Waals surface area contributed by atoms with Gasteiger partial charge in [0.05, 0.1) is 6.20 Å². The topological polar surface area (TPSA) is 42.4 Å². The second kappa shape index (κ2) is 4.77. The van der Waals surface area contributed by atoms with Crippen LogP contribution in [0.1, 0.15) is 0 Å². The summed E-state index contributed by atoms with van der Waals surface area (Å²) in [6.07, 6.45) is 0.844. The van der Waals surface area contributed by atoms with Crippen LogP contribution < -0.4 is 4.74 Å². The average molecular weight is 273 g/mol. The standard InChI is InChI=1S/C15H9F2NO2/c16-11-7-12(17)15(18-8-11)20-14-6-10-4-2-1-3-9(10)5-13(14)19/h1-8,19H. The van der Waals surface area contributed by atoms with Crippen molar-refractivity contribution >= 4 is 10.8 Å². The summed E-state index contributed by atoms with van der Waals surface area (Å²) in [4.78, 5) is 3.51. The van der Waals surface area contributed by atoms with E-state index in [-0.39, 0.29) is 11.5 Å². The lowest BCUT2D eigenvalue weighted by Gasteiger charge is -2.09. The molecule has 0 saturated carbocycles. The van der Waals surface area contributed by atoms with Gasteiger partial charge in [0, 0.05) is 6.07 Å². The molecule has 0 saturated heterocycles. The van der Waals surface area contributed by atoms with E-state index < -0.39 is 17.5 Å². The van der Waals surface area contributed by atoms with Gasteiger partial charge < -0.3 is 9.84 Å². The predicted molar refractivity (Wildman–Crippen MR) is 69.8 cm³/mol. The molecule has 3 nitrogen and oxygen atoms in total. The zero-order chi connectivity index (χ0) is 14.1. The third kappa shape index (κ3) is 2.25. The Hall–Kier alpha value is -2.69. The van der Waals surface area contributed by atoms with Gasteiger partial charge in [-0.1, -0.05) is 24.3 Å². The minimum absolute atomic E-state index is 0.0571. The second-order valence-electron chi connectivity index (χ2n) is 4.21. The zero-order valence-corrected chi connectivity index (χ0v) is 10.2. The number of hydrogen-bond donors (Lipinski definition) is 1. The van der Waals surface area contributed by atoms with Crippen molar-refractivity contribution < 1.29 is 18.6 Å². The number of phenols is 1. The summed E-state index contributed by atoms with van der Waals surface area (Å²) in [5, 5.41) is 11.5. The molecule has 5 heteroatoms. The molecule has 0 bridgehead atoms. The molecule has 0 spiro atoms. The van der Waals surface area contributed by atoms with Crippen molar-refractivity contribution in [1.82, 2.24) is 4.98 Å². The Morgan fingerprint density at radius 3 is 2.40 bits per heavy atom. The van der Waals surface area contributed by atoms with Crippen LogP contribution in [0.3, 0.4) is 0 Å². The fourth-order valence-electron chi connectivity index (χ4n) is 1.87. The summed E-state index contributed by atoms with van der Waals surface area (Å²) in [6.45, 7) is 0. The van der Waals surface area contributed by atoms with Gasteiger partial charge in [0.25, 0.3) is 5.88 Å². The van der Waals surface area contributed by atoms with Gasteiger partial charge in [-0.15, -0.1) is 0 Å². The van der Waals surface area contributed by atoms with Crippen LogP contribution in [0.2, 0.25) is 0 Å². The van der Waals surface area contributed by atoms with E-state index >= 15 is 0 Å². The maximum Gasteiger partial charge on any atom is 0.256 e. The molecule has 0 aliphatic carbocycles. The molecule has 0 aliphatic rings. The van der Waals surface area contributed by atoms with Crippen LogP contribution in [0, 0.1) is 11.6 Å². The van der Waals surface area contributed by atoms with Gasteiger partial charge in [-0.25, -0.2) is 13.8 Å². The Morgan fingerprint density at radius 1 is 1.00 bits per heavy atom. The van der Waals surface area contributed by atoms with Crippen LogP contribution in [0.25, 0.3) is 10.8 Å². The first-order valence-corrected chi connectivity index (χ1v) is 5.84. The summed E-state index contributed by atoms with van der Waals surface area (Å²) in [5.74, 6) is -2.21. The SMILES string of the molecule is Oc1cc2ccccc2cc1Oc1ncc(F)cc1F. The molecule has 0 unspecified atom stereocenters. The number of phenolic OH excluding ortho intramolecular Hbond substituents is 1. The molecule has 1 heterocycles. The van der Waals surface area contributed by atoms with Crippen LogP contribution in [-0.4, -0.2) is 10.1 Å². The Kier molecular flexibility index (Phi) is 2.95. The number of nitrogens with zero attached hydrogens (tertiary/aromatic N) is 1. The first kappa shape index (κ1) is 12.3. The van der Waals surface area contributed by atoms with E-state index in [4.69, 9.17) is 4.74 Å². The van der Waals surface area contributed by atoms with Crippen LogP contribution in [0.15, 0.2) is 48.7 Å². The van der Waals surface area contributed by atoms with Crippen molar-refractivity contribution in [3.63, 3.8) is 0 Å². The summed E-state index contributed by atoms with van der Waals surface area (Å²) in [6, 6.07) is 11.1. The van der Waals surface area contributed by atoms with E-state index in [0.717, 1.165) is 17.0 Å².